The molecule has 0 fully saturated rings. The van der Waals surface area contributed by atoms with E-state index in [9.17, 15) is 13.2 Å². The lowest BCUT2D eigenvalue weighted by Gasteiger charge is -2.13. The van der Waals surface area contributed by atoms with E-state index in [0.29, 0.717) is 30.9 Å². The largest absolute Gasteiger partial charge is 0.453 e. The van der Waals surface area contributed by atoms with E-state index in [-0.39, 0.29) is 5.65 Å². The molecule has 4 aromatic rings. The van der Waals surface area contributed by atoms with Crippen LogP contribution < -0.4 is 5.32 Å². The van der Waals surface area contributed by atoms with Crippen LogP contribution in [-0.4, -0.2) is 35.9 Å². The van der Waals surface area contributed by atoms with E-state index in [1.165, 1.54) is 0 Å². The highest BCUT2D eigenvalue weighted by atomic mass is 19.4. The van der Waals surface area contributed by atoms with Crippen LogP contribution in [0.2, 0.25) is 0 Å². The monoisotopic (exact) mass is 415 g/mol. The van der Waals surface area contributed by atoms with E-state index in [1.54, 1.807) is 20.0 Å². The van der Waals surface area contributed by atoms with Crippen LogP contribution in [0.4, 0.5) is 19.0 Å². The van der Waals surface area contributed by atoms with Gasteiger partial charge in [0.05, 0.1) is 0 Å². The predicted molar refractivity (Wildman–Crippen MR) is 105 cm³/mol. The average molecular weight is 415 g/mol. The number of benzene rings is 1. The van der Waals surface area contributed by atoms with Crippen LogP contribution in [0.1, 0.15) is 28.3 Å². The van der Waals surface area contributed by atoms with E-state index in [0.717, 1.165) is 21.5 Å². The molecule has 0 amide bonds. The normalized spacial score (nSPS) is 11.9. The summed E-state index contributed by atoms with van der Waals surface area (Å²) in [6.45, 7) is 4.67. The highest BCUT2D eigenvalue weighted by molar-refractivity contribution is 5.58. The van der Waals surface area contributed by atoms with Gasteiger partial charge in [-0.25, -0.2) is 4.98 Å². The zero-order valence-corrected chi connectivity index (χ0v) is 16.5. The number of halogens is 3. The van der Waals surface area contributed by atoms with Gasteiger partial charge in [-0.3, -0.25) is 0 Å². The molecule has 0 saturated heterocycles. The zero-order valence-electron chi connectivity index (χ0n) is 16.5. The van der Waals surface area contributed by atoms with Gasteiger partial charge in [-0.05, 0) is 25.0 Å². The Morgan fingerprint density at radius 2 is 1.80 bits per heavy atom. The molecule has 0 saturated carbocycles. The Kier molecular flexibility index (Phi) is 5.15. The Labute approximate surface area is 170 Å². The van der Waals surface area contributed by atoms with Crippen LogP contribution in [0, 0.1) is 13.8 Å². The zero-order chi connectivity index (χ0) is 21.3. The highest BCUT2D eigenvalue weighted by Gasteiger charge is 2.38. The van der Waals surface area contributed by atoms with E-state index in [1.807, 2.05) is 41.1 Å². The summed E-state index contributed by atoms with van der Waals surface area (Å²) < 4.78 is 42.3. The van der Waals surface area contributed by atoms with Crippen molar-refractivity contribution in [3.05, 3.63) is 71.1 Å². The van der Waals surface area contributed by atoms with Crippen molar-refractivity contribution in [2.75, 3.05) is 11.9 Å². The van der Waals surface area contributed by atoms with Gasteiger partial charge in [-0.15, -0.1) is 15.3 Å². The number of imidazole rings is 1. The summed E-state index contributed by atoms with van der Waals surface area (Å²) in [4.78, 5) is 4.40. The van der Waals surface area contributed by atoms with Crippen molar-refractivity contribution in [2.24, 2.45) is 0 Å². The van der Waals surface area contributed by atoms with Gasteiger partial charge in [0.15, 0.2) is 5.65 Å². The molecule has 3 heterocycles. The lowest BCUT2D eigenvalue weighted by atomic mass is 10.2. The number of nitrogens with zero attached hydrogens (tertiary/aromatic N) is 6. The molecular formula is C20H20F3N7. The van der Waals surface area contributed by atoms with Crippen molar-refractivity contribution in [1.29, 1.82) is 0 Å². The maximum absolute atomic E-state index is 13.2. The standard InChI is InChI=1S/C20H20F3N7/c1-13-14(2)18-26-27-19(20(21,22)23)30(18)28-17(13)25-9-8-16-24-10-11-29(16)12-15-6-4-3-5-7-15/h3-7,10-11H,8-9,12H2,1-2H3,(H,25,28). The van der Waals surface area contributed by atoms with E-state index in [2.05, 4.69) is 25.6 Å². The first kappa shape index (κ1) is 19.9. The molecule has 3 aromatic heterocycles. The van der Waals surface area contributed by atoms with Crippen molar-refractivity contribution in [3.8, 4) is 0 Å². The first-order chi connectivity index (χ1) is 14.3. The quantitative estimate of drug-likeness (QED) is 0.520. The van der Waals surface area contributed by atoms with Crippen LogP contribution in [-0.2, 0) is 19.1 Å². The molecule has 0 atom stereocenters. The summed E-state index contributed by atoms with van der Waals surface area (Å²) in [5.74, 6) is 0.107. The van der Waals surface area contributed by atoms with Gasteiger partial charge in [0.1, 0.15) is 11.6 Å². The smallest absolute Gasteiger partial charge is 0.368 e. The number of aromatic nitrogens is 6. The summed E-state index contributed by atoms with van der Waals surface area (Å²) in [7, 11) is 0. The number of aryl methyl sites for hydroxylation is 1. The van der Waals surface area contributed by atoms with Crippen LogP contribution in [0.3, 0.4) is 0 Å². The maximum atomic E-state index is 13.2. The molecule has 0 unspecified atom stereocenters. The molecule has 0 spiro atoms. The maximum Gasteiger partial charge on any atom is 0.453 e. The first-order valence-electron chi connectivity index (χ1n) is 9.42. The minimum Gasteiger partial charge on any atom is -0.368 e. The summed E-state index contributed by atoms with van der Waals surface area (Å²) in [5, 5.41) is 14.2. The van der Waals surface area contributed by atoms with Crippen LogP contribution in [0.15, 0.2) is 42.7 Å². The second kappa shape index (κ2) is 7.77. The van der Waals surface area contributed by atoms with Gasteiger partial charge >= 0.3 is 6.18 Å². The van der Waals surface area contributed by atoms with Crippen molar-refractivity contribution < 1.29 is 13.2 Å². The molecule has 1 N–H and O–H groups in total. The molecular weight excluding hydrogens is 395 g/mol. The van der Waals surface area contributed by atoms with Crippen LogP contribution in [0.5, 0.6) is 0 Å². The topological polar surface area (TPSA) is 72.9 Å². The van der Waals surface area contributed by atoms with Gasteiger partial charge in [-0.1, -0.05) is 30.3 Å². The third-order valence-electron chi connectivity index (χ3n) is 4.99. The Hall–Kier alpha value is -3.43. The molecule has 7 nitrogen and oxygen atoms in total. The second-order valence-electron chi connectivity index (χ2n) is 6.99. The van der Waals surface area contributed by atoms with Crippen molar-refractivity contribution in [3.63, 3.8) is 0 Å². The molecule has 0 bridgehead atoms. The number of hydrogen-bond donors (Lipinski definition) is 1. The minimum absolute atomic E-state index is 0.101. The molecule has 30 heavy (non-hydrogen) atoms. The van der Waals surface area contributed by atoms with Crippen LogP contribution in [0.25, 0.3) is 5.65 Å². The average Bonchev–Trinajstić information content (AvgIpc) is 3.33. The summed E-state index contributed by atoms with van der Waals surface area (Å²) in [6.07, 6.45) is -0.389. The molecule has 0 aliphatic rings. The number of alkyl halides is 3. The summed E-state index contributed by atoms with van der Waals surface area (Å²) >= 11 is 0. The fourth-order valence-electron chi connectivity index (χ4n) is 3.26. The summed E-state index contributed by atoms with van der Waals surface area (Å²) in [6, 6.07) is 10.0. The molecule has 4 rings (SSSR count). The SMILES string of the molecule is Cc1c(NCCc2nccn2Cc2ccccc2)nn2c(C(F)(F)F)nnc2c1C. The van der Waals surface area contributed by atoms with Gasteiger partial charge in [0.2, 0.25) is 0 Å². The number of nitrogens with one attached hydrogen (secondary N) is 1. The van der Waals surface area contributed by atoms with Gasteiger partial charge in [-0.2, -0.15) is 17.7 Å². The number of rotatable bonds is 6. The van der Waals surface area contributed by atoms with E-state index >= 15 is 0 Å². The van der Waals surface area contributed by atoms with Gasteiger partial charge in [0.25, 0.3) is 5.82 Å². The molecule has 1 aromatic carbocycles. The number of hydrogen-bond acceptors (Lipinski definition) is 5. The third-order valence-corrected chi connectivity index (χ3v) is 4.99. The fraction of sp³-hybridized carbons (Fsp3) is 0.300. The predicted octanol–water partition coefficient (Wildman–Crippen LogP) is 3.66. The van der Waals surface area contributed by atoms with E-state index in [4.69, 9.17) is 0 Å². The summed E-state index contributed by atoms with van der Waals surface area (Å²) in [5.41, 5.74) is 2.59. The van der Waals surface area contributed by atoms with Gasteiger partial charge in [0, 0.05) is 37.5 Å². The molecule has 0 radical (unpaired) electrons. The highest BCUT2D eigenvalue weighted by Crippen LogP contribution is 2.29. The van der Waals surface area contributed by atoms with E-state index < -0.39 is 12.0 Å². The van der Waals surface area contributed by atoms with Gasteiger partial charge < -0.3 is 9.88 Å². The number of fused-ring (bicyclic) bond motifs is 1. The number of anilines is 1. The van der Waals surface area contributed by atoms with Crippen LogP contribution >= 0.6 is 0 Å². The van der Waals surface area contributed by atoms with Crippen molar-refractivity contribution in [1.82, 2.24) is 29.4 Å². The lowest BCUT2D eigenvalue weighted by Crippen LogP contribution is -2.16. The Balaban J connectivity index is 1.51. The molecule has 0 aliphatic heterocycles. The molecule has 0 aliphatic carbocycles. The second-order valence-corrected chi connectivity index (χ2v) is 6.99. The van der Waals surface area contributed by atoms with Crippen molar-refractivity contribution >= 4 is 11.5 Å². The fourth-order valence-corrected chi connectivity index (χ4v) is 3.26. The molecule has 10 heteroatoms. The van der Waals surface area contributed by atoms with Crippen molar-refractivity contribution in [2.45, 2.75) is 33.0 Å². The third kappa shape index (κ3) is 3.85. The Morgan fingerprint density at radius 1 is 1.03 bits per heavy atom. The first-order valence-corrected chi connectivity index (χ1v) is 9.42. The Morgan fingerprint density at radius 3 is 2.53 bits per heavy atom. The lowest BCUT2D eigenvalue weighted by molar-refractivity contribution is -0.146. The Bertz CT molecular complexity index is 1160. The minimum atomic E-state index is -4.63. The molecule has 156 valence electrons.